The number of hydrogen-bond donors (Lipinski definition) is 2. The molecule has 12 heavy (non-hydrogen) atoms. The van der Waals surface area contributed by atoms with E-state index in [1.165, 1.54) is 0 Å². The van der Waals surface area contributed by atoms with Gasteiger partial charge < -0.3 is 20.1 Å². The van der Waals surface area contributed by atoms with Gasteiger partial charge in [-0.25, -0.2) is 0 Å². The van der Waals surface area contributed by atoms with E-state index in [2.05, 4.69) is 0 Å². The number of aliphatic carboxylic acids is 2. The molecule has 1 atom stereocenters. The van der Waals surface area contributed by atoms with E-state index in [4.69, 9.17) is 10.2 Å². The van der Waals surface area contributed by atoms with Crippen molar-refractivity contribution < 1.29 is 54.5 Å². The Morgan fingerprint density at radius 1 is 1.42 bits per heavy atom. The molecule has 0 aromatic heterocycles. The fraction of sp³-hybridized carbons (Fsp3) is 0.667. The predicted octanol–water partition coefficient (Wildman–Crippen LogP) is -4.64. The average Bonchev–Trinajstić information content (AvgIpc) is 1.82. The van der Waals surface area contributed by atoms with Gasteiger partial charge in [0.05, 0.1) is 6.10 Å². The number of carbonyl (C=O) groups is 2. The number of carboxylic acid groups (broad SMARTS) is 2. The van der Waals surface area contributed by atoms with Gasteiger partial charge in [-0.3, -0.25) is 4.79 Å². The summed E-state index contributed by atoms with van der Waals surface area (Å²) in [5.41, 5.74) is 0. The van der Waals surface area contributed by atoms with Crippen molar-refractivity contribution in [1.82, 2.24) is 0 Å². The van der Waals surface area contributed by atoms with Gasteiger partial charge >= 0.3 is 35.5 Å². The van der Waals surface area contributed by atoms with Crippen molar-refractivity contribution in [2.24, 2.45) is 0 Å². The van der Waals surface area contributed by atoms with Gasteiger partial charge in [-0.15, -0.1) is 0 Å². The van der Waals surface area contributed by atoms with E-state index in [1.807, 2.05) is 0 Å². The van der Waals surface area contributed by atoms with Crippen molar-refractivity contribution in [2.75, 3.05) is 0 Å². The number of rotatable bonds is 5. The van der Waals surface area contributed by atoms with Crippen LogP contribution in [0.2, 0.25) is 0 Å². The molecule has 0 spiro atoms. The Hall–Kier alpha value is -0.100. The Morgan fingerprint density at radius 2 is 1.92 bits per heavy atom. The Morgan fingerprint density at radius 3 is 2.25 bits per heavy atom. The first-order chi connectivity index (χ1) is 5.02. The molecule has 0 aliphatic heterocycles. The van der Waals surface area contributed by atoms with Crippen LogP contribution in [0.5, 0.6) is 0 Å². The van der Waals surface area contributed by atoms with E-state index in [1.54, 1.807) is 0 Å². The van der Waals surface area contributed by atoms with Gasteiger partial charge in [-0.05, 0) is 6.42 Å². The third-order valence-electron chi connectivity index (χ3n) is 1.09. The Balaban J connectivity index is 0. The zero-order valence-electron chi connectivity index (χ0n) is 6.82. The number of carboxylic acids is 2. The van der Waals surface area contributed by atoms with E-state index in [0.29, 0.717) is 0 Å². The molecule has 0 saturated carbocycles. The van der Waals surface area contributed by atoms with Crippen molar-refractivity contribution in [3.8, 4) is 0 Å². The Bertz CT molecular complexity index is 158. The summed E-state index contributed by atoms with van der Waals surface area (Å²) in [7, 11) is 0. The maximum Gasteiger partial charge on any atom is 1.00 e. The van der Waals surface area contributed by atoms with Gasteiger partial charge in [0.2, 0.25) is 0 Å². The normalized spacial score (nSPS) is 11.4. The van der Waals surface area contributed by atoms with Gasteiger partial charge in [0, 0.05) is 18.8 Å². The summed E-state index contributed by atoms with van der Waals surface area (Å²) in [6, 6.07) is 0. The first kappa shape index (κ1) is 14.4. The summed E-state index contributed by atoms with van der Waals surface area (Å²) in [6.45, 7) is 0. The van der Waals surface area contributed by atoms with Crippen LogP contribution >= 0.6 is 0 Å². The second-order valence-corrected chi connectivity index (χ2v) is 2.16. The molecule has 0 aromatic rings. The largest absolute Gasteiger partial charge is 1.00 e. The van der Waals surface area contributed by atoms with Crippen LogP contribution in [0.25, 0.3) is 0 Å². The van der Waals surface area contributed by atoms with Crippen molar-refractivity contribution in [1.29, 1.82) is 0 Å². The van der Waals surface area contributed by atoms with E-state index in [9.17, 15) is 14.7 Å². The van der Waals surface area contributed by atoms with Crippen LogP contribution in [-0.2, 0) is 9.59 Å². The summed E-state index contributed by atoms with van der Waals surface area (Å²) in [4.78, 5) is 19.8. The molecule has 1 unspecified atom stereocenters. The summed E-state index contributed by atoms with van der Waals surface area (Å²) in [5.74, 6) is -2.43. The summed E-state index contributed by atoms with van der Waals surface area (Å²) >= 11 is 0. The third kappa shape index (κ3) is 9.90. The third-order valence-corrected chi connectivity index (χ3v) is 1.09. The average molecular weight is 184 g/mol. The number of aliphatic hydroxyl groups is 1. The molecule has 6 heteroatoms. The van der Waals surface area contributed by atoms with Crippen molar-refractivity contribution in [3.05, 3.63) is 0 Å². The smallest absolute Gasteiger partial charge is 0.550 e. The van der Waals surface area contributed by atoms with Crippen LogP contribution in [0, 0.1) is 0 Å². The van der Waals surface area contributed by atoms with E-state index in [0.717, 1.165) is 0 Å². The van der Waals surface area contributed by atoms with Gasteiger partial charge in [-0.2, -0.15) is 0 Å². The molecule has 0 saturated heterocycles. The molecular formula is C6H9NaO5. The molecule has 0 radical (unpaired) electrons. The molecule has 0 bridgehead atoms. The van der Waals surface area contributed by atoms with E-state index in [-0.39, 0.29) is 42.4 Å². The summed E-state index contributed by atoms with van der Waals surface area (Å²) in [6.07, 6.45) is -1.90. The summed E-state index contributed by atoms with van der Waals surface area (Å²) in [5, 5.41) is 26.7. The molecule has 0 aliphatic rings. The van der Waals surface area contributed by atoms with Crippen LogP contribution in [0.1, 0.15) is 19.3 Å². The number of hydrogen-bond acceptors (Lipinski definition) is 4. The summed E-state index contributed by atoms with van der Waals surface area (Å²) < 4.78 is 0. The first-order valence-electron chi connectivity index (χ1n) is 3.12. The second kappa shape index (κ2) is 7.54. The first-order valence-corrected chi connectivity index (χ1v) is 3.12. The van der Waals surface area contributed by atoms with Crippen LogP contribution in [0.15, 0.2) is 0 Å². The number of aliphatic hydroxyl groups excluding tert-OH is 1. The van der Waals surface area contributed by atoms with Gasteiger partial charge in [0.15, 0.2) is 0 Å². The standard InChI is InChI=1S/C6H10O5.Na/c7-4(3-6(10)11)1-2-5(8)9;/h4,7H,1-3H2,(H,8,9)(H,10,11);/q;+1/p-1. The predicted molar refractivity (Wildman–Crippen MR) is 32.5 cm³/mol. The monoisotopic (exact) mass is 184 g/mol. The van der Waals surface area contributed by atoms with Crippen LogP contribution < -0.4 is 34.7 Å². The molecule has 0 aliphatic carbocycles. The fourth-order valence-corrected chi connectivity index (χ4v) is 0.585. The molecule has 2 N–H and O–H groups in total. The zero-order chi connectivity index (χ0) is 8.85. The minimum Gasteiger partial charge on any atom is -0.550 e. The number of carbonyl (C=O) groups excluding carboxylic acids is 1. The van der Waals surface area contributed by atoms with Crippen LogP contribution in [0.4, 0.5) is 0 Å². The van der Waals surface area contributed by atoms with Crippen molar-refractivity contribution in [3.63, 3.8) is 0 Å². The minimum absolute atomic E-state index is 0. The molecule has 0 fully saturated rings. The van der Waals surface area contributed by atoms with Crippen molar-refractivity contribution >= 4 is 11.9 Å². The van der Waals surface area contributed by atoms with Gasteiger partial charge in [-0.1, -0.05) is 0 Å². The maximum absolute atomic E-state index is 9.92. The molecule has 5 nitrogen and oxygen atoms in total. The van der Waals surface area contributed by atoms with E-state index >= 15 is 0 Å². The maximum atomic E-state index is 9.92. The quantitative estimate of drug-likeness (QED) is 0.419. The fourth-order valence-electron chi connectivity index (χ4n) is 0.585. The molecule has 0 amide bonds. The van der Waals surface area contributed by atoms with Crippen LogP contribution in [0.3, 0.4) is 0 Å². The second-order valence-electron chi connectivity index (χ2n) is 2.16. The topological polar surface area (TPSA) is 97.7 Å². The van der Waals surface area contributed by atoms with Crippen molar-refractivity contribution in [2.45, 2.75) is 25.4 Å². The minimum atomic E-state index is -1.37. The molecule has 0 aromatic carbocycles. The van der Waals surface area contributed by atoms with Crippen LogP contribution in [-0.4, -0.2) is 28.3 Å². The Labute approximate surface area is 91.7 Å². The Kier molecular flexibility index (Phi) is 9.07. The molecular weight excluding hydrogens is 175 g/mol. The van der Waals surface area contributed by atoms with Gasteiger partial charge in [0.1, 0.15) is 0 Å². The van der Waals surface area contributed by atoms with E-state index < -0.39 is 24.5 Å². The SMILES string of the molecule is O=C([O-])CC(O)CCC(=O)O.[Na+]. The molecule has 64 valence electrons. The molecule has 0 heterocycles. The molecule has 0 rings (SSSR count). The van der Waals surface area contributed by atoms with Gasteiger partial charge in [0.25, 0.3) is 0 Å². The zero-order valence-corrected chi connectivity index (χ0v) is 8.82.